The first kappa shape index (κ1) is 31.2. The van der Waals surface area contributed by atoms with E-state index in [2.05, 4.69) is 5.32 Å². The van der Waals surface area contributed by atoms with E-state index in [0.29, 0.717) is 22.6 Å². The largest absolute Gasteiger partial charge is 0.490 e. The minimum Gasteiger partial charge on any atom is -0.490 e. The Morgan fingerprint density at radius 2 is 1.92 bits per heavy atom. The molecule has 1 aliphatic heterocycles. The third-order valence-electron chi connectivity index (χ3n) is 5.45. The maximum Gasteiger partial charge on any atom is 0.320 e. The molecule has 9 nitrogen and oxygen atoms in total. The van der Waals surface area contributed by atoms with Crippen LogP contribution in [0.1, 0.15) is 29.5 Å². The molecule has 5 N–H and O–H groups in total. The first-order chi connectivity index (χ1) is 16.2. The summed E-state index contributed by atoms with van der Waals surface area (Å²) in [7, 11) is -4.13. The second-order valence-electron chi connectivity index (χ2n) is 8.14. The van der Waals surface area contributed by atoms with Crippen molar-refractivity contribution in [3.8, 4) is 5.75 Å². The summed E-state index contributed by atoms with van der Waals surface area (Å²) < 4.78 is 33.0. The number of rotatable bonds is 10. The molecular weight excluding hydrogens is 527 g/mol. The van der Waals surface area contributed by atoms with Crippen molar-refractivity contribution in [1.29, 1.82) is 5.41 Å². The molecule has 0 unspecified atom stereocenters. The van der Waals surface area contributed by atoms with Crippen LogP contribution in [0.2, 0.25) is 0 Å². The molecule has 36 heavy (non-hydrogen) atoms. The average Bonchev–Trinajstić information content (AvgIpc) is 2.77. The van der Waals surface area contributed by atoms with Crippen LogP contribution < -0.4 is 20.1 Å². The van der Waals surface area contributed by atoms with Crippen molar-refractivity contribution < 1.29 is 23.1 Å². The van der Waals surface area contributed by atoms with Crippen molar-refractivity contribution in [2.24, 2.45) is 5.73 Å². The minimum absolute atomic E-state index is 0. The number of carboxylic acids is 1. The predicted octanol–water partition coefficient (Wildman–Crippen LogP) is 3.19. The number of benzene rings is 2. The highest BCUT2D eigenvalue weighted by atomic mass is 35.5. The molecule has 0 aromatic heterocycles. The summed E-state index contributed by atoms with van der Waals surface area (Å²) in [4.78, 5) is 11.2. The number of nitrogen functional groups attached to an aromatic ring is 1. The number of aryl methyl sites for hydroxylation is 1. The Bertz CT molecular complexity index is 1180. The molecule has 0 bridgehead atoms. The molecular formula is C24H32Cl2N4O5S. The van der Waals surface area contributed by atoms with Gasteiger partial charge in [0.25, 0.3) is 0 Å². The Balaban J connectivity index is 0.00000324. The lowest BCUT2D eigenvalue weighted by Crippen LogP contribution is -2.36. The van der Waals surface area contributed by atoms with Gasteiger partial charge in [-0.2, -0.15) is 0 Å². The summed E-state index contributed by atoms with van der Waals surface area (Å²) in [6.45, 7) is 3.50. The van der Waals surface area contributed by atoms with E-state index in [9.17, 15) is 13.2 Å². The molecule has 0 radical (unpaired) electrons. The second-order valence-corrected chi connectivity index (χ2v) is 10.0. The van der Waals surface area contributed by atoms with Crippen LogP contribution in [0.15, 0.2) is 48.5 Å². The van der Waals surface area contributed by atoms with E-state index in [1.54, 1.807) is 61.5 Å². The van der Waals surface area contributed by atoms with Crippen molar-refractivity contribution in [2.75, 3.05) is 29.7 Å². The Morgan fingerprint density at radius 3 is 2.53 bits per heavy atom. The number of ether oxygens (including phenoxy) is 1. The van der Waals surface area contributed by atoms with Crippen molar-refractivity contribution in [2.45, 2.75) is 25.9 Å². The van der Waals surface area contributed by atoms with Crippen LogP contribution in [0.25, 0.3) is 6.08 Å². The Hall–Kier alpha value is -2.79. The highest BCUT2D eigenvalue weighted by molar-refractivity contribution is 7.93. The molecule has 0 saturated carbocycles. The lowest BCUT2D eigenvalue weighted by Gasteiger charge is -2.26. The molecule has 3 rings (SSSR count). The summed E-state index contributed by atoms with van der Waals surface area (Å²) in [5, 5.41) is 20.0. The molecule has 0 atom stereocenters. The van der Waals surface area contributed by atoms with Gasteiger partial charge in [0.05, 0.1) is 12.2 Å². The predicted molar refractivity (Wildman–Crippen MR) is 147 cm³/mol. The van der Waals surface area contributed by atoms with Gasteiger partial charge in [0.15, 0.2) is 5.75 Å². The van der Waals surface area contributed by atoms with E-state index < -0.39 is 21.7 Å². The van der Waals surface area contributed by atoms with Crippen molar-refractivity contribution in [3.05, 3.63) is 65.2 Å². The van der Waals surface area contributed by atoms with Crippen molar-refractivity contribution in [3.63, 3.8) is 0 Å². The number of hydrogen-bond acceptors (Lipinski definition) is 6. The normalized spacial score (nSPS) is 13.9. The molecule has 2 aromatic rings. The highest BCUT2D eigenvalue weighted by Crippen LogP contribution is 2.28. The number of sulfonamides is 1. The van der Waals surface area contributed by atoms with E-state index in [1.807, 2.05) is 0 Å². The first-order valence-electron chi connectivity index (χ1n) is 11.0. The quantitative estimate of drug-likeness (QED) is 0.258. The van der Waals surface area contributed by atoms with Crippen LogP contribution in [0, 0.1) is 12.3 Å². The molecule has 0 aliphatic carbocycles. The van der Waals surface area contributed by atoms with E-state index in [-0.39, 0.29) is 43.3 Å². The zero-order chi connectivity index (χ0) is 24.7. The number of anilines is 1. The standard InChI is InChI=1S/C24H30N4O5S.2ClH/c1-17-14-21(33-20-9-11-27-12-10-20)7-8-22(17)28(34(31,32)16-23(29)30)13-3-5-18-4-2-6-19(15-18)24(25)26;;/h2-8,14-15,20,27H,9-13,16H2,1H3,(H3,25,26)(H,29,30);2*1H/b5-3+;;. The van der Waals surface area contributed by atoms with Gasteiger partial charge < -0.3 is 20.9 Å². The zero-order valence-electron chi connectivity index (χ0n) is 19.8. The number of halogens is 2. The molecule has 0 spiro atoms. The van der Waals surface area contributed by atoms with Crippen LogP contribution >= 0.6 is 24.8 Å². The number of hydrogen-bond donors (Lipinski definition) is 4. The number of nitrogens with two attached hydrogens (primary N) is 1. The van der Waals surface area contributed by atoms with Gasteiger partial charge in [0, 0.05) is 5.56 Å². The average molecular weight is 560 g/mol. The molecule has 198 valence electrons. The molecule has 1 heterocycles. The van der Waals surface area contributed by atoms with E-state index in [0.717, 1.165) is 35.8 Å². The van der Waals surface area contributed by atoms with Crippen LogP contribution in [-0.2, 0) is 14.8 Å². The SMILES string of the molecule is Cc1cc(OC2CCNCC2)ccc1N(C/C=C/c1cccc(C(=N)N)c1)S(=O)(=O)CC(=O)O.Cl.Cl. The Morgan fingerprint density at radius 1 is 1.22 bits per heavy atom. The number of piperidine rings is 1. The minimum atomic E-state index is -4.13. The monoisotopic (exact) mass is 558 g/mol. The van der Waals surface area contributed by atoms with E-state index in [1.165, 1.54) is 0 Å². The fourth-order valence-electron chi connectivity index (χ4n) is 3.78. The van der Waals surface area contributed by atoms with Crippen LogP contribution in [0.5, 0.6) is 5.75 Å². The number of nitrogens with zero attached hydrogens (tertiary/aromatic N) is 1. The third-order valence-corrected chi connectivity index (χ3v) is 7.08. The van der Waals surface area contributed by atoms with Gasteiger partial charge >= 0.3 is 5.97 Å². The number of amidine groups is 1. The summed E-state index contributed by atoms with van der Waals surface area (Å²) in [6.07, 6.45) is 5.24. The van der Waals surface area contributed by atoms with Gasteiger partial charge in [-0.15, -0.1) is 24.8 Å². The summed E-state index contributed by atoms with van der Waals surface area (Å²) in [6, 6.07) is 12.1. The fraction of sp³-hybridized carbons (Fsp3) is 0.333. The number of carboxylic acid groups (broad SMARTS) is 1. The molecule has 0 amide bonds. The van der Waals surface area contributed by atoms with Crippen LogP contribution in [0.4, 0.5) is 5.69 Å². The number of nitrogens with one attached hydrogen (secondary N) is 2. The Labute approximate surface area is 224 Å². The number of aliphatic carboxylic acids is 1. The lowest BCUT2D eigenvalue weighted by molar-refractivity contribution is -0.134. The number of carbonyl (C=O) groups is 1. The van der Waals surface area contributed by atoms with Gasteiger partial charge in [-0.3, -0.25) is 14.5 Å². The maximum absolute atomic E-state index is 12.9. The van der Waals surface area contributed by atoms with Crippen molar-refractivity contribution in [1.82, 2.24) is 5.32 Å². The van der Waals surface area contributed by atoms with Gasteiger partial charge in [-0.05, 0) is 68.2 Å². The molecule has 1 aliphatic rings. The third kappa shape index (κ3) is 8.70. The van der Waals surface area contributed by atoms with Crippen molar-refractivity contribution >= 4 is 58.4 Å². The second kappa shape index (κ2) is 14.1. The van der Waals surface area contributed by atoms with E-state index in [4.69, 9.17) is 21.0 Å². The molecule has 2 aromatic carbocycles. The van der Waals surface area contributed by atoms with Crippen LogP contribution in [-0.4, -0.2) is 56.8 Å². The summed E-state index contributed by atoms with van der Waals surface area (Å²) in [5.74, 6) is -1.86. The fourth-order valence-corrected chi connectivity index (χ4v) is 5.06. The van der Waals surface area contributed by atoms with Crippen LogP contribution in [0.3, 0.4) is 0 Å². The van der Waals surface area contributed by atoms with Gasteiger partial charge in [-0.25, -0.2) is 8.42 Å². The van der Waals surface area contributed by atoms with Gasteiger partial charge in [0.1, 0.15) is 17.7 Å². The zero-order valence-corrected chi connectivity index (χ0v) is 22.3. The molecule has 12 heteroatoms. The molecule has 1 saturated heterocycles. The summed E-state index contributed by atoms with van der Waals surface area (Å²) >= 11 is 0. The smallest absolute Gasteiger partial charge is 0.320 e. The highest BCUT2D eigenvalue weighted by Gasteiger charge is 2.26. The van der Waals surface area contributed by atoms with E-state index >= 15 is 0 Å². The summed E-state index contributed by atoms with van der Waals surface area (Å²) in [5.41, 5.74) is 7.87. The molecule has 1 fully saturated rings. The lowest BCUT2D eigenvalue weighted by atomic mass is 10.1. The first-order valence-corrected chi connectivity index (χ1v) is 12.6. The maximum atomic E-state index is 12.9. The van der Waals surface area contributed by atoms with Gasteiger partial charge in [-0.1, -0.05) is 30.4 Å². The topological polar surface area (TPSA) is 146 Å². The van der Waals surface area contributed by atoms with Gasteiger partial charge in [0.2, 0.25) is 10.0 Å². The Kier molecular flexibility index (Phi) is 12.2.